The van der Waals surface area contributed by atoms with Gasteiger partial charge in [-0.15, -0.1) is 0 Å². The molecule has 1 fully saturated rings. The molecular weight excluding hydrogens is 252 g/mol. The van der Waals surface area contributed by atoms with Crippen molar-refractivity contribution < 1.29 is 5.11 Å². The molecular formula is C15H28N4O. The number of aliphatic hydroxyl groups is 1. The van der Waals surface area contributed by atoms with Crippen molar-refractivity contribution in [2.45, 2.75) is 58.7 Å². The zero-order valence-corrected chi connectivity index (χ0v) is 13.4. The fraction of sp³-hybridized carbons (Fsp3) is 0.800. The van der Waals surface area contributed by atoms with E-state index >= 15 is 0 Å². The van der Waals surface area contributed by atoms with Gasteiger partial charge < -0.3 is 15.3 Å². The second-order valence-corrected chi connectivity index (χ2v) is 6.83. The fourth-order valence-corrected chi connectivity index (χ4v) is 2.72. The topological polar surface area (TPSA) is 53.3 Å². The van der Waals surface area contributed by atoms with Crippen molar-refractivity contribution in [3.05, 3.63) is 11.3 Å². The largest absolute Gasteiger partial charge is 0.393 e. The van der Waals surface area contributed by atoms with Crippen molar-refractivity contribution in [3.8, 4) is 0 Å². The van der Waals surface area contributed by atoms with Crippen molar-refractivity contribution in [3.63, 3.8) is 0 Å². The summed E-state index contributed by atoms with van der Waals surface area (Å²) in [7, 11) is 2.01. The van der Waals surface area contributed by atoms with Crippen LogP contribution in [0.15, 0.2) is 0 Å². The number of aromatic nitrogens is 2. The molecule has 0 radical (unpaired) electrons. The number of hydrogen-bond acceptors (Lipinski definition) is 4. The minimum absolute atomic E-state index is 0.0949. The van der Waals surface area contributed by atoms with Crippen molar-refractivity contribution >= 4 is 5.82 Å². The third-order valence-corrected chi connectivity index (χ3v) is 3.87. The van der Waals surface area contributed by atoms with Gasteiger partial charge in [0.25, 0.3) is 0 Å². The zero-order valence-electron chi connectivity index (χ0n) is 13.4. The lowest BCUT2D eigenvalue weighted by atomic mass is 10.1. The van der Waals surface area contributed by atoms with Crippen LogP contribution >= 0.6 is 0 Å². The van der Waals surface area contributed by atoms with Gasteiger partial charge in [0, 0.05) is 37.8 Å². The molecule has 0 unspecified atom stereocenters. The van der Waals surface area contributed by atoms with E-state index in [1.807, 2.05) is 11.7 Å². The first kappa shape index (κ1) is 15.3. The van der Waals surface area contributed by atoms with Crippen LogP contribution in [0.5, 0.6) is 0 Å². The monoisotopic (exact) mass is 280 g/mol. The minimum Gasteiger partial charge on any atom is -0.393 e. The molecule has 1 aliphatic heterocycles. The summed E-state index contributed by atoms with van der Waals surface area (Å²) in [5.74, 6) is 1.20. The second-order valence-electron chi connectivity index (χ2n) is 6.83. The molecule has 1 aliphatic rings. The molecule has 5 heteroatoms. The van der Waals surface area contributed by atoms with E-state index in [1.165, 1.54) is 11.4 Å². The highest BCUT2D eigenvalue weighted by atomic mass is 16.3. The van der Waals surface area contributed by atoms with Crippen molar-refractivity contribution in [1.29, 1.82) is 0 Å². The lowest BCUT2D eigenvalue weighted by Crippen LogP contribution is -2.39. The third-order valence-electron chi connectivity index (χ3n) is 3.87. The molecule has 2 N–H and O–H groups in total. The number of aryl methyl sites for hydroxylation is 2. The lowest BCUT2D eigenvalue weighted by Gasteiger charge is -2.32. The summed E-state index contributed by atoms with van der Waals surface area (Å²) in [6.07, 6.45) is 1.55. The number of nitrogens with zero attached hydrogens (tertiary/aromatic N) is 3. The molecule has 0 bridgehead atoms. The van der Waals surface area contributed by atoms with Gasteiger partial charge in [-0.3, -0.25) is 4.68 Å². The van der Waals surface area contributed by atoms with E-state index in [1.54, 1.807) is 0 Å². The van der Waals surface area contributed by atoms with Crippen LogP contribution < -0.4 is 10.2 Å². The average molecular weight is 280 g/mol. The Morgan fingerprint density at radius 3 is 2.45 bits per heavy atom. The number of aliphatic hydroxyl groups excluding tert-OH is 1. The van der Waals surface area contributed by atoms with Crippen LogP contribution in [0.3, 0.4) is 0 Å². The Kier molecular flexibility index (Phi) is 4.39. The summed E-state index contributed by atoms with van der Waals surface area (Å²) in [6, 6.07) is 0. The van der Waals surface area contributed by atoms with Crippen molar-refractivity contribution in [1.82, 2.24) is 15.1 Å². The summed E-state index contributed by atoms with van der Waals surface area (Å²) in [5, 5.41) is 17.8. The average Bonchev–Trinajstić information content (AvgIpc) is 2.61. The van der Waals surface area contributed by atoms with Crippen LogP contribution in [0.4, 0.5) is 5.82 Å². The van der Waals surface area contributed by atoms with E-state index in [0.717, 1.165) is 38.2 Å². The van der Waals surface area contributed by atoms with Gasteiger partial charge in [0.05, 0.1) is 11.8 Å². The van der Waals surface area contributed by atoms with E-state index in [-0.39, 0.29) is 11.6 Å². The van der Waals surface area contributed by atoms with Gasteiger partial charge in [-0.05, 0) is 40.5 Å². The van der Waals surface area contributed by atoms with Gasteiger partial charge in [0.2, 0.25) is 0 Å². The van der Waals surface area contributed by atoms with Crippen molar-refractivity contribution in [2.75, 3.05) is 18.0 Å². The van der Waals surface area contributed by atoms with Crippen LogP contribution in [-0.4, -0.2) is 39.6 Å². The summed E-state index contributed by atoms with van der Waals surface area (Å²) in [5.41, 5.74) is 2.46. The molecule has 2 heterocycles. The lowest BCUT2D eigenvalue weighted by molar-refractivity contribution is 0.145. The summed E-state index contributed by atoms with van der Waals surface area (Å²) in [6.45, 7) is 11.2. The maximum atomic E-state index is 9.67. The van der Waals surface area contributed by atoms with Gasteiger partial charge in [-0.25, -0.2) is 0 Å². The van der Waals surface area contributed by atoms with Gasteiger partial charge in [-0.2, -0.15) is 5.10 Å². The molecule has 114 valence electrons. The number of nitrogens with one attached hydrogen (secondary N) is 1. The highest BCUT2D eigenvalue weighted by molar-refractivity contribution is 5.50. The van der Waals surface area contributed by atoms with E-state index in [2.05, 4.69) is 43.0 Å². The van der Waals surface area contributed by atoms with E-state index in [9.17, 15) is 5.11 Å². The molecule has 0 aromatic carbocycles. The maximum absolute atomic E-state index is 9.67. The predicted octanol–water partition coefficient (Wildman–Crippen LogP) is 1.58. The molecule has 1 aromatic rings. The van der Waals surface area contributed by atoms with Crippen LogP contribution in [0.2, 0.25) is 0 Å². The van der Waals surface area contributed by atoms with E-state index in [0.29, 0.717) is 0 Å². The number of piperidine rings is 1. The minimum atomic E-state index is -0.142. The highest BCUT2D eigenvalue weighted by Gasteiger charge is 2.24. The number of anilines is 1. The normalized spacial score (nSPS) is 17.8. The van der Waals surface area contributed by atoms with Crippen molar-refractivity contribution in [2.24, 2.45) is 7.05 Å². The molecule has 1 aromatic heterocycles. The van der Waals surface area contributed by atoms with Crippen LogP contribution in [0, 0.1) is 6.92 Å². The Bertz CT molecular complexity index is 453. The summed E-state index contributed by atoms with van der Waals surface area (Å²) >= 11 is 0. The Balaban J connectivity index is 2.19. The molecule has 0 saturated carbocycles. The first-order valence-electron chi connectivity index (χ1n) is 7.48. The molecule has 20 heavy (non-hydrogen) atoms. The zero-order chi connectivity index (χ0) is 14.9. The van der Waals surface area contributed by atoms with Gasteiger partial charge in [0.15, 0.2) is 0 Å². The number of rotatable bonds is 3. The Hall–Kier alpha value is -1.07. The fourth-order valence-electron chi connectivity index (χ4n) is 2.72. The molecule has 0 amide bonds. The van der Waals surface area contributed by atoms with Crippen LogP contribution in [-0.2, 0) is 13.6 Å². The molecule has 0 spiro atoms. The SMILES string of the molecule is Cc1nn(C)c(N2CCC(O)CC2)c1CNC(C)(C)C. The molecule has 2 rings (SSSR count). The standard InChI is InChI=1S/C15H28N4O/c1-11-13(10-16-15(2,3)4)14(18(5)17-11)19-8-6-12(20)7-9-19/h12,16,20H,6-10H2,1-5H3. The second kappa shape index (κ2) is 5.74. The molecule has 1 saturated heterocycles. The van der Waals surface area contributed by atoms with Gasteiger partial charge in [0.1, 0.15) is 5.82 Å². The summed E-state index contributed by atoms with van der Waals surface area (Å²) < 4.78 is 1.98. The van der Waals surface area contributed by atoms with Crippen LogP contribution in [0.1, 0.15) is 44.9 Å². The van der Waals surface area contributed by atoms with Gasteiger partial charge >= 0.3 is 0 Å². The molecule has 5 nitrogen and oxygen atoms in total. The van der Waals surface area contributed by atoms with Crippen LogP contribution in [0.25, 0.3) is 0 Å². The molecule has 0 aliphatic carbocycles. The first-order chi connectivity index (χ1) is 9.28. The quantitative estimate of drug-likeness (QED) is 0.882. The number of hydrogen-bond donors (Lipinski definition) is 2. The smallest absolute Gasteiger partial charge is 0.131 e. The Morgan fingerprint density at radius 2 is 1.90 bits per heavy atom. The van der Waals surface area contributed by atoms with E-state index < -0.39 is 0 Å². The van der Waals surface area contributed by atoms with E-state index in [4.69, 9.17) is 0 Å². The third kappa shape index (κ3) is 3.52. The first-order valence-corrected chi connectivity index (χ1v) is 7.48. The Morgan fingerprint density at radius 1 is 1.30 bits per heavy atom. The molecule has 0 atom stereocenters. The summed E-state index contributed by atoms with van der Waals surface area (Å²) in [4.78, 5) is 2.35. The predicted molar refractivity (Wildman–Crippen MR) is 82.0 cm³/mol. The highest BCUT2D eigenvalue weighted by Crippen LogP contribution is 2.26. The Labute approximate surface area is 122 Å². The maximum Gasteiger partial charge on any atom is 0.131 e. The van der Waals surface area contributed by atoms with Gasteiger partial charge in [-0.1, -0.05) is 0 Å².